The third kappa shape index (κ3) is 6.24. The van der Waals surface area contributed by atoms with Gasteiger partial charge in [-0.15, -0.1) is 11.3 Å². The second-order valence-electron chi connectivity index (χ2n) is 11.4. The summed E-state index contributed by atoms with van der Waals surface area (Å²) in [6.45, 7) is 5.63. The zero-order valence-electron chi connectivity index (χ0n) is 23.5. The van der Waals surface area contributed by atoms with Crippen molar-refractivity contribution in [2.75, 3.05) is 51.3 Å². The molecule has 1 N–H and O–H groups in total. The second kappa shape index (κ2) is 11.9. The number of anilines is 1. The number of thiazole rings is 1. The number of ketones is 1. The average molecular weight is 603 g/mol. The lowest BCUT2D eigenvalue weighted by Gasteiger charge is -2.32. The highest BCUT2D eigenvalue weighted by Crippen LogP contribution is 2.32. The summed E-state index contributed by atoms with van der Waals surface area (Å²) >= 11 is 1.42. The quantitative estimate of drug-likeness (QED) is 0.278. The lowest BCUT2D eigenvalue weighted by atomic mass is 9.98. The Morgan fingerprint density at radius 3 is 2.71 bits per heavy atom. The van der Waals surface area contributed by atoms with E-state index in [1.807, 2.05) is 0 Å². The molecule has 4 unspecified atom stereocenters. The SMILES string of the molecule is CN1CCN(c2nc(-c3ccc(C(=O)NC(CC(C)(C)F)C(=O)N4CC(N=[N+]=[N-])C5OCC(=O)C54)cc3F)cs2)CC1. The zero-order chi connectivity index (χ0) is 30.2. The van der Waals surface area contributed by atoms with E-state index in [9.17, 15) is 18.8 Å². The van der Waals surface area contributed by atoms with Crippen LogP contribution in [-0.4, -0.2) is 109 Å². The fourth-order valence-corrected chi connectivity index (χ4v) is 6.43. The number of hydrogen-bond acceptors (Lipinski definition) is 9. The number of likely N-dealkylation sites (N-methyl/N-ethyl adjacent to an activating group) is 1. The Morgan fingerprint density at radius 2 is 2.05 bits per heavy atom. The molecule has 2 aromatic rings. The number of alkyl halides is 1. The Hall–Kier alpha value is -3.65. The molecule has 3 saturated heterocycles. The van der Waals surface area contributed by atoms with Gasteiger partial charge in [0, 0.05) is 60.6 Å². The number of nitrogens with one attached hydrogen (secondary N) is 1. The molecule has 3 fully saturated rings. The van der Waals surface area contributed by atoms with E-state index < -0.39 is 54.0 Å². The maximum atomic E-state index is 15.3. The topological polar surface area (TPSA) is 144 Å². The number of aromatic nitrogens is 1. The zero-order valence-corrected chi connectivity index (χ0v) is 24.3. The van der Waals surface area contributed by atoms with Crippen LogP contribution >= 0.6 is 11.3 Å². The van der Waals surface area contributed by atoms with E-state index in [2.05, 4.69) is 37.2 Å². The number of halogens is 2. The van der Waals surface area contributed by atoms with Gasteiger partial charge in [-0.25, -0.2) is 13.8 Å². The van der Waals surface area contributed by atoms with Crippen molar-refractivity contribution in [3.05, 3.63) is 45.4 Å². The van der Waals surface area contributed by atoms with Gasteiger partial charge in [-0.2, -0.15) is 0 Å². The van der Waals surface area contributed by atoms with E-state index in [0.717, 1.165) is 37.4 Å². The number of rotatable bonds is 8. The minimum Gasteiger partial charge on any atom is -0.367 e. The van der Waals surface area contributed by atoms with Gasteiger partial charge in [-0.05, 0) is 44.6 Å². The van der Waals surface area contributed by atoms with Crippen LogP contribution in [0.3, 0.4) is 0 Å². The molecule has 3 aliphatic heterocycles. The Balaban J connectivity index is 1.32. The van der Waals surface area contributed by atoms with Gasteiger partial charge in [-0.3, -0.25) is 14.4 Å². The van der Waals surface area contributed by atoms with E-state index in [-0.39, 0.29) is 30.1 Å². The molecule has 5 rings (SSSR count). The number of likely N-dealkylation sites (tertiary alicyclic amines) is 1. The molecule has 224 valence electrons. The molecule has 0 spiro atoms. The molecule has 0 radical (unpaired) electrons. The maximum Gasteiger partial charge on any atom is 0.252 e. The number of ether oxygens (including phenoxy) is 1. The van der Waals surface area contributed by atoms with Crippen molar-refractivity contribution >= 4 is 34.1 Å². The molecule has 15 heteroatoms. The van der Waals surface area contributed by atoms with Gasteiger partial charge < -0.3 is 24.8 Å². The first-order valence-electron chi connectivity index (χ1n) is 13.6. The number of piperazine rings is 1. The number of carbonyl (C=O) groups excluding carboxylic acids is 3. The number of hydrogen-bond donors (Lipinski definition) is 1. The number of fused-ring (bicyclic) bond motifs is 1. The van der Waals surface area contributed by atoms with Crippen molar-refractivity contribution < 1.29 is 27.9 Å². The Bertz CT molecular complexity index is 1420. The molecule has 3 aliphatic rings. The number of azide groups is 1. The van der Waals surface area contributed by atoms with Crippen LogP contribution < -0.4 is 10.2 Å². The van der Waals surface area contributed by atoms with Crippen LogP contribution in [0.25, 0.3) is 21.7 Å². The van der Waals surface area contributed by atoms with Crippen LogP contribution in [0.1, 0.15) is 30.6 Å². The number of benzene rings is 1. The van der Waals surface area contributed by atoms with Crippen molar-refractivity contribution in [1.29, 1.82) is 0 Å². The van der Waals surface area contributed by atoms with Crippen LogP contribution in [0.4, 0.5) is 13.9 Å². The maximum absolute atomic E-state index is 15.3. The minimum absolute atomic E-state index is 0.0632. The molecule has 12 nitrogen and oxygen atoms in total. The fraction of sp³-hybridized carbons (Fsp3) is 0.556. The standard InChI is InChI=1S/C27H32F2N8O4S/c1-27(2,29)11-18(25(40)37-12-19(33-34-30)23-22(37)21(38)13-41-23)31-24(39)15-4-5-16(17(28)10-15)20-14-42-26(32-20)36-8-6-35(3)7-9-36/h4-5,10,14,18-19,22-23H,6-9,11-13H2,1-3H3,(H,31,39). The summed E-state index contributed by atoms with van der Waals surface area (Å²) in [5.74, 6) is -2.53. The lowest BCUT2D eigenvalue weighted by Crippen LogP contribution is -2.53. The summed E-state index contributed by atoms with van der Waals surface area (Å²) in [6, 6.07) is 0.758. The third-order valence-electron chi connectivity index (χ3n) is 7.71. The molecular formula is C27H32F2N8O4S. The van der Waals surface area contributed by atoms with Gasteiger partial charge >= 0.3 is 0 Å². The molecule has 4 heterocycles. The predicted molar refractivity (Wildman–Crippen MR) is 151 cm³/mol. The normalized spacial score (nSPS) is 23.5. The first-order chi connectivity index (χ1) is 19.9. The van der Waals surface area contributed by atoms with Gasteiger partial charge in [0.05, 0.1) is 17.8 Å². The van der Waals surface area contributed by atoms with Crippen molar-refractivity contribution in [3.63, 3.8) is 0 Å². The monoisotopic (exact) mass is 602 g/mol. The number of nitrogens with zero attached hydrogens (tertiary/aromatic N) is 7. The molecule has 1 aromatic carbocycles. The second-order valence-corrected chi connectivity index (χ2v) is 12.2. The Kier molecular flexibility index (Phi) is 8.46. The predicted octanol–water partition coefficient (Wildman–Crippen LogP) is 2.80. The van der Waals surface area contributed by atoms with Gasteiger partial charge in [0.2, 0.25) is 5.91 Å². The molecule has 2 amide bonds. The number of amides is 2. The molecule has 4 atom stereocenters. The Morgan fingerprint density at radius 1 is 1.31 bits per heavy atom. The van der Waals surface area contributed by atoms with Gasteiger partial charge in [-0.1, -0.05) is 5.11 Å². The number of Topliss-reactive ketones (excluding diaryl/α,β-unsaturated/α-hetero) is 1. The lowest BCUT2D eigenvalue weighted by molar-refractivity contribution is -0.138. The summed E-state index contributed by atoms with van der Waals surface area (Å²) in [7, 11) is 2.06. The summed E-state index contributed by atoms with van der Waals surface area (Å²) in [4.78, 5) is 52.2. The smallest absolute Gasteiger partial charge is 0.252 e. The number of carbonyl (C=O) groups is 3. The van der Waals surface area contributed by atoms with E-state index in [1.165, 1.54) is 42.2 Å². The molecule has 1 aromatic heterocycles. The fourth-order valence-electron chi connectivity index (χ4n) is 5.55. The first kappa shape index (κ1) is 29.8. The largest absolute Gasteiger partial charge is 0.367 e. The van der Waals surface area contributed by atoms with Gasteiger partial charge in [0.25, 0.3) is 5.91 Å². The van der Waals surface area contributed by atoms with Crippen LogP contribution in [0, 0.1) is 5.82 Å². The highest BCUT2D eigenvalue weighted by molar-refractivity contribution is 7.14. The van der Waals surface area contributed by atoms with Crippen LogP contribution in [0.5, 0.6) is 0 Å². The molecule has 0 aliphatic carbocycles. The molecular weight excluding hydrogens is 570 g/mol. The van der Waals surface area contributed by atoms with E-state index in [1.54, 1.807) is 5.38 Å². The highest BCUT2D eigenvalue weighted by atomic mass is 32.1. The van der Waals surface area contributed by atoms with E-state index in [0.29, 0.717) is 5.69 Å². The van der Waals surface area contributed by atoms with Crippen molar-refractivity contribution in [3.8, 4) is 11.3 Å². The van der Waals surface area contributed by atoms with Crippen LogP contribution in [0.2, 0.25) is 0 Å². The third-order valence-corrected chi connectivity index (χ3v) is 8.61. The van der Waals surface area contributed by atoms with Gasteiger partial charge in [0.1, 0.15) is 30.2 Å². The summed E-state index contributed by atoms with van der Waals surface area (Å²) < 4.78 is 35.5. The van der Waals surface area contributed by atoms with E-state index in [4.69, 9.17) is 10.3 Å². The van der Waals surface area contributed by atoms with Crippen molar-refractivity contribution in [2.45, 2.75) is 50.2 Å². The molecule has 0 saturated carbocycles. The average Bonchev–Trinajstić information content (AvgIpc) is 3.66. The van der Waals surface area contributed by atoms with Crippen LogP contribution in [-0.2, 0) is 14.3 Å². The summed E-state index contributed by atoms with van der Waals surface area (Å²) in [6.07, 6.45) is -1.21. The molecule has 0 bridgehead atoms. The van der Waals surface area contributed by atoms with E-state index >= 15 is 4.39 Å². The molecule has 42 heavy (non-hydrogen) atoms. The Labute approximate surface area is 245 Å². The van der Waals surface area contributed by atoms with Crippen LogP contribution in [0.15, 0.2) is 28.7 Å². The minimum atomic E-state index is -1.87. The van der Waals surface area contributed by atoms with Crippen molar-refractivity contribution in [1.82, 2.24) is 20.1 Å². The summed E-state index contributed by atoms with van der Waals surface area (Å²) in [5.41, 5.74) is 7.65. The first-order valence-corrected chi connectivity index (χ1v) is 14.5. The van der Waals surface area contributed by atoms with Crippen molar-refractivity contribution in [2.24, 2.45) is 5.11 Å². The summed E-state index contributed by atoms with van der Waals surface area (Å²) in [5, 5.41) is 8.74. The van der Waals surface area contributed by atoms with Gasteiger partial charge in [0.15, 0.2) is 10.9 Å². The highest BCUT2D eigenvalue weighted by Gasteiger charge is 2.53.